The van der Waals surface area contributed by atoms with Crippen LogP contribution in [-0.2, 0) is 16.1 Å². The van der Waals surface area contributed by atoms with Crippen LogP contribution < -0.4 is 10.1 Å². The second-order valence-corrected chi connectivity index (χ2v) is 3.26. The highest BCUT2D eigenvalue weighted by Crippen LogP contribution is 2.11. The molecule has 4 nitrogen and oxygen atoms in total. The average molecular weight is 223 g/mol. The third-order valence-corrected chi connectivity index (χ3v) is 2.06. The van der Waals surface area contributed by atoms with Crippen LogP contribution in [0.3, 0.4) is 0 Å². The van der Waals surface area contributed by atoms with E-state index in [1.54, 1.807) is 0 Å². The zero-order valence-corrected chi connectivity index (χ0v) is 9.66. The lowest BCUT2D eigenvalue weighted by atomic mass is 10.2. The summed E-state index contributed by atoms with van der Waals surface area (Å²) in [5.74, 6) is 0.602. The molecule has 0 aromatic heterocycles. The molecule has 0 bridgehead atoms. The van der Waals surface area contributed by atoms with Crippen LogP contribution in [0.2, 0.25) is 0 Å². The van der Waals surface area contributed by atoms with Crippen molar-refractivity contribution >= 4 is 5.97 Å². The third-order valence-electron chi connectivity index (χ3n) is 2.06. The SMILES string of the molecule is CCOc1ccc(CNCC(=O)OC)cc1. The molecule has 4 heteroatoms. The zero-order chi connectivity index (χ0) is 11.8. The Bertz CT molecular complexity index is 322. The van der Waals surface area contributed by atoms with Crippen molar-refractivity contribution < 1.29 is 14.3 Å². The van der Waals surface area contributed by atoms with Gasteiger partial charge in [0.25, 0.3) is 0 Å². The first-order valence-electron chi connectivity index (χ1n) is 5.25. The number of esters is 1. The monoisotopic (exact) mass is 223 g/mol. The summed E-state index contributed by atoms with van der Waals surface area (Å²) in [5.41, 5.74) is 1.10. The molecule has 0 atom stereocenters. The highest BCUT2D eigenvalue weighted by molar-refractivity contribution is 5.71. The van der Waals surface area contributed by atoms with E-state index in [0.717, 1.165) is 11.3 Å². The van der Waals surface area contributed by atoms with Crippen molar-refractivity contribution in [1.29, 1.82) is 0 Å². The Morgan fingerprint density at radius 2 is 2.00 bits per heavy atom. The van der Waals surface area contributed by atoms with Gasteiger partial charge in [-0.05, 0) is 24.6 Å². The van der Waals surface area contributed by atoms with E-state index in [2.05, 4.69) is 10.1 Å². The Morgan fingerprint density at radius 3 is 2.56 bits per heavy atom. The van der Waals surface area contributed by atoms with Gasteiger partial charge in [0.1, 0.15) is 5.75 Å². The smallest absolute Gasteiger partial charge is 0.319 e. The summed E-state index contributed by atoms with van der Waals surface area (Å²) in [4.78, 5) is 10.8. The number of hydrogen-bond donors (Lipinski definition) is 1. The van der Waals surface area contributed by atoms with Crippen LogP contribution in [0.1, 0.15) is 12.5 Å². The molecule has 0 aliphatic rings. The summed E-state index contributed by atoms with van der Waals surface area (Å²) < 4.78 is 9.84. The van der Waals surface area contributed by atoms with E-state index in [1.165, 1.54) is 7.11 Å². The average Bonchev–Trinajstić information content (AvgIpc) is 2.31. The van der Waals surface area contributed by atoms with E-state index in [-0.39, 0.29) is 12.5 Å². The van der Waals surface area contributed by atoms with Crippen molar-refractivity contribution in [3.05, 3.63) is 29.8 Å². The second kappa shape index (κ2) is 6.85. The summed E-state index contributed by atoms with van der Waals surface area (Å²) in [7, 11) is 1.38. The lowest BCUT2D eigenvalue weighted by Crippen LogP contribution is -2.23. The number of carbonyl (C=O) groups is 1. The van der Waals surface area contributed by atoms with Gasteiger partial charge in [0.2, 0.25) is 0 Å². The lowest BCUT2D eigenvalue weighted by molar-refractivity contribution is -0.139. The Labute approximate surface area is 95.6 Å². The van der Waals surface area contributed by atoms with Gasteiger partial charge in [0.15, 0.2) is 0 Å². The molecule has 1 aromatic rings. The van der Waals surface area contributed by atoms with Crippen LogP contribution in [0.15, 0.2) is 24.3 Å². The molecule has 0 saturated heterocycles. The molecule has 16 heavy (non-hydrogen) atoms. The quantitative estimate of drug-likeness (QED) is 0.739. The van der Waals surface area contributed by atoms with Crippen molar-refractivity contribution in [2.45, 2.75) is 13.5 Å². The van der Waals surface area contributed by atoms with E-state index in [9.17, 15) is 4.79 Å². The molecule has 0 heterocycles. The highest BCUT2D eigenvalue weighted by atomic mass is 16.5. The van der Waals surface area contributed by atoms with Gasteiger partial charge in [-0.25, -0.2) is 0 Å². The van der Waals surface area contributed by atoms with Gasteiger partial charge in [0, 0.05) is 6.54 Å². The van der Waals surface area contributed by atoms with E-state index in [0.29, 0.717) is 13.2 Å². The number of rotatable bonds is 6. The van der Waals surface area contributed by atoms with Gasteiger partial charge in [0.05, 0.1) is 20.3 Å². The van der Waals surface area contributed by atoms with Crippen molar-refractivity contribution in [2.75, 3.05) is 20.3 Å². The summed E-state index contributed by atoms with van der Waals surface area (Å²) in [5, 5.41) is 2.99. The minimum absolute atomic E-state index is 0.226. The van der Waals surface area contributed by atoms with E-state index >= 15 is 0 Å². The standard InChI is InChI=1S/C12H17NO3/c1-3-16-11-6-4-10(5-7-11)8-13-9-12(14)15-2/h4-7,13H,3,8-9H2,1-2H3. The number of ether oxygens (including phenoxy) is 2. The summed E-state index contributed by atoms with van der Waals surface area (Å²) in [6, 6.07) is 7.77. The molecule has 1 aromatic carbocycles. The van der Waals surface area contributed by atoms with E-state index in [1.807, 2.05) is 31.2 Å². The van der Waals surface area contributed by atoms with Gasteiger partial charge in [-0.1, -0.05) is 12.1 Å². The molecule has 0 amide bonds. The third kappa shape index (κ3) is 4.31. The van der Waals surface area contributed by atoms with Crippen LogP contribution in [-0.4, -0.2) is 26.2 Å². The van der Waals surface area contributed by atoms with Crippen LogP contribution in [0.5, 0.6) is 5.75 Å². The minimum atomic E-state index is -0.258. The predicted molar refractivity (Wildman–Crippen MR) is 61.3 cm³/mol. The Morgan fingerprint density at radius 1 is 1.31 bits per heavy atom. The van der Waals surface area contributed by atoms with E-state index in [4.69, 9.17) is 4.74 Å². The molecule has 1 N–H and O–H groups in total. The fourth-order valence-electron chi connectivity index (χ4n) is 1.25. The van der Waals surface area contributed by atoms with Crippen molar-refractivity contribution in [1.82, 2.24) is 5.32 Å². The van der Waals surface area contributed by atoms with Gasteiger partial charge in [-0.15, -0.1) is 0 Å². The first kappa shape index (κ1) is 12.5. The number of nitrogens with one attached hydrogen (secondary N) is 1. The summed E-state index contributed by atoms with van der Waals surface area (Å²) in [6.07, 6.45) is 0. The zero-order valence-electron chi connectivity index (χ0n) is 9.66. The molecular formula is C12H17NO3. The summed E-state index contributed by atoms with van der Waals surface area (Å²) >= 11 is 0. The Kier molecular flexibility index (Phi) is 5.36. The topological polar surface area (TPSA) is 47.6 Å². The Balaban J connectivity index is 2.34. The number of benzene rings is 1. The maximum Gasteiger partial charge on any atom is 0.319 e. The fraction of sp³-hybridized carbons (Fsp3) is 0.417. The lowest BCUT2D eigenvalue weighted by Gasteiger charge is -2.06. The molecule has 0 aliphatic heterocycles. The molecule has 0 radical (unpaired) electrons. The molecular weight excluding hydrogens is 206 g/mol. The first-order valence-corrected chi connectivity index (χ1v) is 5.25. The van der Waals surface area contributed by atoms with Gasteiger partial charge >= 0.3 is 5.97 Å². The van der Waals surface area contributed by atoms with Gasteiger partial charge < -0.3 is 14.8 Å². The molecule has 0 spiro atoms. The van der Waals surface area contributed by atoms with Gasteiger partial charge in [-0.3, -0.25) is 4.79 Å². The maximum atomic E-state index is 10.8. The largest absolute Gasteiger partial charge is 0.494 e. The molecule has 0 unspecified atom stereocenters. The van der Waals surface area contributed by atoms with Crippen molar-refractivity contribution in [2.24, 2.45) is 0 Å². The number of carbonyl (C=O) groups excluding carboxylic acids is 1. The van der Waals surface area contributed by atoms with Gasteiger partial charge in [-0.2, -0.15) is 0 Å². The molecule has 88 valence electrons. The van der Waals surface area contributed by atoms with Crippen LogP contribution >= 0.6 is 0 Å². The molecule has 0 aliphatic carbocycles. The number of hydrogen-bond acceptors (Lipinski definition) is 4. The van der Waals surface area contributed by atoms with Crippen molar-refractivity contribution in [3.8, 4) is 5.75 Å². The van der Waals surface area contributed by atoms with E-state index < -0.39 is 0 Å². The van der Waals surface area contributed by atoms with Crippen molar-refractivity contribution in [3.63, 3.8) is 0 Å². The molecule has 1 rings (SSSR count). The van der Waals surface area contributed by atoms with Crippen LogP contribution in [0, 0.1) is 0 Å². The summed E-state index contributed by atoms with van der Waals surface area (Å²) in [6.45, 7) is 3.48. The van der Waals surface area contributed by atoms with Crippen LogP contribution in [0.25, 0.3) is 0 Å². The minimum Gasteiger partial charge on any atom is -0.494 e. The van der Waals surface area contributed by atoms with Crippen LogP contribution in [0.4, 0.5) is 0 Å². The highest BCUT2D eigenvalue weighted by Gasteiger charge is 1.99. The second-order valence-electron chi connectivity index (χ2n) is 3.26. The predicted octanol–water partition coefficient (Wildman–Crippen LogP) is 1.35. The molecule has 0 saturated carbocycles. The fourth-order valence-corrected chi connectivity index (χ4v) is 1.25. The molecule has 0 fully saturated rings. The normalized spacial score (nSPS) is 9.88. The maximum absolute atomic E-state index is 10.8. The first-order chi connectivity index (χ1) is 7.76. The number of methoxy groups -OCH3 is 1. The Hall–Kier alpha value is -1.55.